The molecular weight excluding hydrogens is 248 g/mol. The summed E-state index contributed by atoms with van der Waals surface area (Å²) in [7, 11) is 0. The second kappa shape index (κ2) is 4.33. The minimum absolute atomic E-state index is 0.163. The van der Waals surface area contributed by atoms with Crippen molar-refractivity contribution in [2.75, 3.05) is 0 Å². The summed E-state index contributed by atoms with van der Waals surface area (Å²) in [5, 5.41) is 11.5. The fourth-order valence-corrected chi connectivity index (χ4v) is 1.50. The van der Waals surface area contributed by atoms with E-state index in [4.69, 9.17) is 5.73 Å². The number of nitrogens with zero attached hydrogens (tertiary/aromatic N) is 5. The van der Waals surface area contributed by atoms with E-state index in [-0.39, 0.29) is 11.7 Å². The van der Waals surface area contributed by atoms with E-state index in [0.29, 0.717) is 5.69 Å². The molecule has 1 amide bonds. The van der Waals surface area contributed by atoms with Crippen molar-refractivity contribution in [3.05, 3.63) is 42.4 Å². The van der Waals surface area contributed by atoms with Gasteiger partial charge < -0.3 is 10.3 Å². The third-order valence-electron chi connectivity index (χ3n) is 2.38. The smallest absolute Gasteiger partial charge is 0.316 e. The zero-order valence-corrected chi connectivity index (χ0v) is 9.59. The molecule has 0 fully saturated rings. The molecule has 8 heteroatoms. The molecule has 0 radical (unpaired) electrons. The van der Waals surface area contributed by atoms with Crippen molar-refractivity contribution in [2.24, 2.45) is 5.73 Å². The van der Waals surface area contributed by atoms with Crippen LogP contribution < -0.4 is 5.73 Å². The van der Waals surface area contributed by atoms with E-state index in [0.717, 1.165) is 5.69 Å². The molecular formula is C11H8N6O2. The van der Waals surface area contributed by atoms with E-state index < -0.39 is 5.91 Å². The average molecular weight is 256 g/mol. The van der Waals surface area contributed by atoms with Gasteiger partial charge in [0.25, 0.3) is 0 Å². The number of nitrogens with two attached hydrogens (primary N) is 1. The van der Waals surface area contributed by atoms with E-state index in [9.17, 15) is 4.79 Å². The van der Waals surface area contributed by atoms with E-state index in [1.165, 1.54) is 0 Å². The largest absolute Gasteiger partial charge is 0.361 e. The van der Waals surface area contributed by atoms with E-state index >= 15 is 0 Å². The Hall–Kier alpha value is -3.03. The van der Waals surface area contributed by atoms with Crippen molar-refractivity contribution in [1.82, 2.24) is 25.1 Å². The zero-order chi connectivity index (χ0) is 13.2. The van der Waals surface area contributed by atoms with Gasteiger partial charge in [-0.15, -0.1) is 5.10 Å². The molecule has 0 aliphatic rings. The Morgan fingerprint density at radius 2 is 2.05 bits per heavy atom. The van der Waals surface area contributed by atoms with Crippen LogP contribution in [-0.4, -0.2) is 31.0 Å². The Morgan fingerprint density at radius 3 is 2.74 bits per heavy atom. The minimum atomic E-state index is -0.783. The first-order valence-electron chi connectivity index (χ1n) is 5.36. The monoisotopic (exact) mass is 256 g/mol. The van der Waals surface area contributed by atoms with Crippen molar-refractivity contribution in [1.29, 1.82) is 0 Å². The van der Waals surface area contributed by atoms with Gasteiger partial charge in [0.2, 0.25) is 5.82 Å². The van der Waals surface area contributed by atoms with Crippen molar-refractivity contribution in [3.8, 4) is 17.2 Å². The zero-order valence-electron chi connectivity index (χ0n) is 9.59. The van der Waals surface area contributed by atoms with Gasteiger partial charge in [-0.3, -0.25) is 4.79 Å². The summed E-state index contributed by atoms with van der Waals surface area (Å²) >= 11 is 0. The summed E-state index contributed by atoms with van der Waals surface area (Å²) in [5.41, 5.74) is 6.26. The number of rotatable bonds is 3. The molecule has 0 spiro atoms. The summed E-state index contributed by atoms with van der Waals surface area (Å²) < 4.78 is 6.25. The molecule has 2 N–H and O–H groups in total. The summed E-state index contributed by atoms with van der Waals surface area (Å²) in [6, 6.07) is 9.43. The molecule has 3 aromatic rings. The topological polar surface area (TPSA) is 113 Å². The van der Waals surface area contributed by atoms with Crippen LogP contribution in [0.3, 0.4) is 0 Å². The second-order valence-electron chi connectivity index (χ2n) is 3.67. The lowest BCUT2D eigenvalue weighted by Crippen LogP contribution is -2.10. The first-order valence-corrected chi connectivity index (χ1v) is 5.36. The number of amides is 1. The van der Waals surface area contributed by atoms with Crippen molar-refractivity contribution in [3.63, 3.8) is 0 Å². The molecule has 0 unspecified atom stereocenters. The van der Waals surface area contributed by atoms with E-state index in [2.05, 4.69) is 25.0 Å². The SMILES string of the molecule is NC(=O)c1nc(-c2cn(-c3ccccc3)nn2)no1. The molecule has 94 valence electrons. The lowest BCUT2D eigenvalue weighted by atomic mass is 10.3. The lowest BCUT2D eigenvalue weighted by molar-refractivity contribution is 0.0958. The molecule has 2 aromatic heterocycles. The Morgan fingerprint density at radius 1 is 1.26 bits per heavy atom. The van der Waals surface area contributed by atoms with Crippen LogP contribution in [0.4, 0.5) is 0 Å². The number of carbonyl (C=O) groups is 1. The van der Waals surface area contributed by atoms with Gasteiger partial charge in [-0.2, -0.15) is 4.98 Å². The van der Waals surface area contributed by atoms with Crippen LogP contribution in [0.2, 0.25) is 0 Å². The maximum Gasteiger partial charge on any atom is 0.316 e. The first-order chi connectivity index (χ1) is 9.24. The first kappa shape index (κ1) is 11.1. The Labute approximate surface area is 106 Å². The molecule has 0 saturated heterocycles. The highest BCUT2D eigenvalue weighted by Gasteiger charge is 2.15. The lowest BCUT2D eigenvalue weighted by Gasteiger charge is -1.96. The number of hydrogen-bond acceptors (Lipinski definition) is 6. The number of hydrogen-bond donors (Lipinski definition) is 1. The van der Waals surface area contributed by atoms with Gasteiger partial charge in [0.05, 0.1) is 11.9 Å². The highest BCUT2D eigenvalue weighted by Crippen LogP contribution is 2.14. The average Bonchev–Trinajstić information content (AvgIpc) is 3.09. The summed E-state index contributed by atoms with van der Waals surface area (Å²) in [6.07, 6.45) is 1.63. The van der Waals surface area contributed by atoms with Crippen LogP contribution in [0.15, 0.2) is 41.1 Å². The van der Waals surface area contributed by atoms with Gasteiger partial charge >= 0.3 is 11.8 Å². The van der Waals surface area contributed by atoms with Crippen LogP contribution in [0.25, 0.3) is 17.2 Å². The van der Waals surface area contributed by atoms with Crippen LogP contribution >= 0.6 is 0 Å². The van der Waals surface area contributed by atoms with Crippen LogP contribution in [-0.2, 0) is 0 Å². The van der Waals surface area contributed by atoms with Crippen LogP contribution in [0.1, 0.15) is 10.7 Å². The quantitative estimate of drug-likeness (QED) is 0.726. The highest BCUT2D eigenvalue weighted by atomic mass is 16.5. The Bertz CT molecular complexity index is 718. The van der Waals surface area contributed by atoms with Gasteiger partial charge in [0.1, 0.15) is 0 Å². The molecule has 1 aromatic carbocycles. The summed E-state index contributed by atoms with van der Waals surface area (Å²) in [4.78, 5) is 14.7. The molecule has 0 aliphatic heterocycles. The molecule has 3 rings (SSSR count). The fourth-order valence-electron chi connectivity index (χ4n) is 1.50. The minimum Gasteiger partial charge on any atom is -0.361 e. The molecule has 19 heavy (non-hydrogen) atoms. The van der Waals surface area contributed by atoms with Gasteiger partial charge in [0, 0.05) is 0 Å². The molecule has 0 bridgehead atoms. The predicted molar refractivity (Wildman–Crippen MR) is 63.2 cm³/mol. The number of primary amides is 1. The number of aromatic nitrogens is 5. The van der Waals surface area contributed by atoms with Gasteiger partial charge in [-0.25, -0.2) is 4.68 Å². The van der Waals surface area contributed by atoms with Crippen LogP contribution in [0.5, 0.6) is 0 Å². The fraction of sp³-hybridized carbons (Fsp3) is 0. The molecule has 2 heterocycles. The van der Waals surface area contributed by atoms with Gasteiger partial charge in [-0.05, 0) is 12.1 Å². The Balaban J connectivity index is 1.94. The maximum absolute atomic E-state index is 10.9. The molecule has 0 atom stereocenters. The predicted octanol–water partition coefficient (Wildman–Crippen LogP) is 0.416. The third kappa shape index (κ3) is 2.06. The van der Waals surface area contributed by atoms with Crippen molar-refractivity contribution < 1.29 is 9.32 Å². The van der Waals surface area contributed by atoms with E-state index in [1.54, 1.807) is 10.9 Å². The van der Waals surface area contributed by atoms with E-state index in [1.807, 2.05) is 30.3 Å². The molecule has 8 nitrogen and oxygen atoms in total. The van der Waals surface area contributed by atoms with Gasteiger partial charge in [0.15, 0.2) is 5.69 Å². The maximum atomic E-state index is 10.9. The number of para-hydroxylation sites is 1. The normalized spacial score (nSPS) is 10.5. The summed E-state index contributed by atoms with van der Waals surface area (Å²) in [5.74, 6) is -0.880. The highest BCUT2D eigenvalue weighted by molar-refractivity contribution is 5.88. The Kier molecular flexibility index (Phi) is 2.53. The summed E-state index contributed by atoms with van der Waals surface area (Å²) in [6.45, 7) is 0. The van der Waals surface area contributed by atoms with Gasteiger partial charge in [-0.1, -0.05) is 28.6 Å². The van der Waals surface area contributed by atoms with Crippen LogP contribution in [0, 0.1) is 0 Å². The number of benzene rings is 1. The number of carbonyl (C=O) groups excluding carboxylic acids is 1. The molecule has 0 saturated carbocycles. The standard InChI is InChI=1S/C11H8N6O2/c12-9(18)11-13-10(15-19-11)8-6-17(16-14-8)7-4-2-1-3-5-7/h1-6H,(H2,12,18). The third-order valence-corrected chi connectivity index (χ3v) is 2.38. The second-order valence-corrected chi connectivity index (χ2v) is 3.67. The van der Waals surface area contributed by atoms with Crippen molar-refractivity contribution >= 4 is 5.91 Å². The van der Waals surface area contributed by atoms with Crippen molar-refractivity contribution in [2.45, 2.75) is 0 Å². The molecule has 0 aliphatic carbocycles.